The van der Waals surface area contributed by atoms with Gasteiger partial charge in [-0.15, -0.1) is 5.10 Å². The van der Waals surface area contributed by atoms with Crippen LogP contribution >= 0.6 is 0 Å². The summed E-state index contributed by atoms with van der Waals surface area (Å²) >= 11 is 0. The Hall–Kier alpha value is -2.80. The van der Waals surface area contributed by atoms with Crippen LogP contribution in [0, 0.1) is 5.92 Å². The van der Waals surface area contributed by atoms with Crippen molar-refractivity contribution >= 4 is 11.7 Å². The highest BCUT2D eigenvalue weighted by molar-refractivity contribution is 5.91. The van der Waals surface area contributed by atoms with Crippen LogP contribution in [-0.4, -0.2) is 48.1 Å². The summed E-state index contributed by atoms with van der Waals surface area (Å²) in [7, 11) is 0. The smallest absolute Gasteiger partial charge is 0.293 e. The molecule has 1 saturated carbocycles. The molecule has 2 aliphatic rings. The van der Waals surface area contributed by atoms with E-state index in [1.165, 1.54) is 4.52 Å². The lowest BCUT2D eigenvalue weighted by Gasteiger charge is -2.52. The quantitative estimate of drug-likeness (QED) is 0.741. The Morgan fingerprint density at radius 1 is 1.14 bits per heavy atom. The van der Waals surface area contributed by atoms with Crippen LogP contribution < -0.4 is 0 Å². The van der Waals surface area contributed by atoms with E-state index >= 15 is 0 Å². The first-order valence-electron chi connectivity index (χ1n) is 9.93. The fourth-order valence-corrected chi connectivity index (χ4v) is 4.97. The zero-order chi connectivity index (χ0) is 19.1. The summed E-state index contributed by atoms with van der Waals surface area (Å²) in [5, 5.41) is 15.9. The zero-order valence-corrected chi connectivity index (χ0v) is 15.6. The third-order valence-electron chi connectivity index (χ3n) is 6.32. The number of likely N-dealkylation sites (tertiary alicyclic amines) is 1. The Bertz CT molecular complexity index is 971. The van der Waals surface area contributed by atoms with Gasteiger partial charge in [0, 0.05) is 30.9 Å². The van der Waals surface area contributed by atoms with E-state index in [1.807, 2.05) is 35.2 Å². The van der Waals surface area contributed by atoms with Gasteiger partial charge in [-0.3, -0.25) is 4.79 Å². The first-order valence-corrected chi connectivity index (χ1v) is 9.93. The van der Waals surface area contributed by atoms with E-state index in [-0.39, 0.29) is 23.7 Å². The van der Waals surface area contributed by atoms with Crippen molar-refractivity contribution in [2.45, 2.75) is 43.7 Å². The maximum absolute atomic E-state index is 13.2. The van der Waals surface area contributed by atoms with Crippen molar-refractivity contribution in [3.63, 3.8) is 0 Å². The van der Waals surface area contributed by atoms with Crippen LogP contribution in [0.4, 0.5) is 0 Å². The monoisotopic (exact) mass is 377 g/mol. The second-order valence-corrected chi connectivity index (χ2v) is 7.80. The summed E-state index contributed by atoms with van der Waals surface area (Å²) in [5.74, 6) is 0.450. The zero-order valence-electron chi connectivity index (χ0n) is 15.6. The lowest BCUT2D eigenvalue weighted by atomic mass is 9.66. The number of benzene rings is 1. The lowest BCUT2D eigenvalue weighted by molar-refractivity contribution is -0.110. The first kappa shape index (κ1) is 17.3. The number of amides is 1. The molecule has 0 radical (unpaired) electrons. The summed E-state index contributed by atoms with van der Waals surface area (Å²) in [5.41, 5.74) is 0.0610. The van der Waals surface area contributed by atoms with E-state index in [2.05, 4.69) is 15.1 Å². The van der Waals surface area contributed by atoms with Crippen molar-refractivity contribution in [3.8, 4) is 0 Å². The molecule has 2 aromatic heterocycles. The van der Waals surface area contributed by atoms with E-state index in [0.717, 1.165) is 31.2 Å². The minimum Gasteiger partial charge on any atom is -0.385 e. The van der Waals surface area contributed by atoms with Crippen LogP contribution in [0.5, 0.6) is 0 Å². The number of carbonyl (C=O) groups excluding carboxylic acids is 1. The van der Waals surface area contributed by atoms with Crippen LogP contribution in [0.15, 0.2) is 48.8 Å². The molecule has 0 spiro atoms. The molecule has 144 valence electrons. The van der Waals surface area contributed by atoms with Crippen molar-refractivity contribution in [1.29, 1.82) is 0 Å². The van der Waals surface area contributed by atoms with Crippen LogP contribution in [0.3, 0.4) is 0 Å². The maximum atomic E-state index is 13.2. The van der Waals surface area contributed by atoms with Crippen LogP contribution in [-0.2, 0) is 5.60 Å². The van der Waals surface area contributed by atoms with Crippen molar-refractivity contribution in [2.75, 3.05) is 6.54 Å². The molecule has 7 heteroatoms. The van der Waals surface area contributed by atoms with Gasteiger partial charge in [-0.2, -0.15) is 4.98 Å². The maximum Gasteiger partial charge on any atom is 0.293 e. The van der Waals surface area contributed by atoms with Crippen LogP contribution in [0.2, 0.25) is 0 Å². The Kier molecular flexibility index (Phi) is 4.12. The Labute approximate surface area is 163 Å². The third-order valence-corrected chi connectivity index (χ3v) is 6.32. The number of hydrogen-bond donors (Lipinski definition) is 1. The number of aliphatic hydroxyl groups is 1. The molecule has 7 nitrogen and oxygen atoms in total. The molecule has 1 aliphatic heterocycles. The van der Waals surface area contributed by atoms with Gasteiger partial charge in [-0.1, -0.05) is 43.2 Å². The molecule has 28 heavy (non-hydrogen) atoms. The summed E-state index contributed by atoms with van der Waals surface area (Å²) in [4.78, 5) is 23.6. The number of carbonyl (C=O) groups is 1. The number of fused-ring (bicyclic) bond motifs is 2. The van der Waals surface area contributed by atoms with E-state index in [1.54, 1.807) is 18.5 Å². The summed E-state index contributed by atoms with van der Waals surface area (Å²) < 4.78 is 1.52. The highest BCUT2D eigenvalue weighted by Crippen LogP contribution is 2.47. The average Bonchev–Trinajstić information content (AvgIpc) is 3.19. The molecule has 1 N–H and O–H groups in total. The van der Waals surface area contributed by atoms with Crippen molar-refractivity contribution < 1.29 is 9.90 Å². The molecule has 3 atom stereocenters. The van der Waals surface area contributed by atoms with Gasteiger partial charge < -0.3 is 10.0 Å². The van der Waals surface area contributed by atoms with Gasteiger partial charge >= 0.3 is 0 Å². The predicted octanol–water partition coefficient (Wildman–Crippen LogP) is 2.42. The molecule has 1 amide bonds. The Balaban J connectivity index is 1.48. The van der Waals surface area contributed by atoms with Gasteiger partial charge in [0.05, 0.1) is 5.60 Å². The average molecular weight is 377 g/mol. The number of aromatic nitrogens is 4. The highest BCUT2D eigenvalue weighted by atomic mass is 16.3. The molecular formula is C21H23N5O2. The molecule has 1 saturated heterocycles. The van der Waals surface area contributed by atoms with Crippen LogP contribution in [0.25, 0.3) is 5.78 Å². The molecule has 3 aromatic rings. The predicted molar refractivity (Wildman–Crippen MR) is 103 cm³/mol. The van der Waals surface area contributed by atoms with Gasteiger partial charge in [0.15, 0.2) is 0 Å². The number of rotatable bonds is 2. The Morgan fingerprint density at radius 2 is 1.96 bits per heavy atom. The van der Waals surface area contributed by atoms with Crippen molar-refractivity contribution in [1.82, 2.24) is 24.5 Å². The van der Waals surface area contributed by atoms with E-state index in [0.29, 0.717) is 18.7 Å². The van der Waals surface area contributed by atoms with Gasteiger partial charge in [0.25, 0.3) is 11.7 Å². The van der Waals surface area contributed by atoms with Gasteiger partial charge in [0.1, 0.15) is 0 Å². The second kappa shape index (κ2) is 6.67. The molecule has 2 fully saturated rings. The fraction of sp³-hybridized carbons (Fsp3) is 0.429. The minimum atomic E-state index is -0.892. The third kappa shape index (κ3) is 2.69. The number of piperidine rings is 1. The molecule has 0 bridgehead atoms. The molecule has 1 aliphatic carbocycles. The Morgan fingerprint density at radius 3 is 2.79 bits per heavy atom. The van der Waals surface area contributed by atoms with E-state index in [4.69, 9.17) is 0 Å². The normalized spacial score (nSPS) is 27.5. The van der Waals surface area contributed by atoms with Gasteiger partial charge in [-0.25, -0.2) is 9.50 Å². The van der Waals surface area contributed by atoms with Gasteiger partial charge in [-0.05, 0) is 30.9 Å². The molecule has 5 rings (SSSR count). The van der Waals surface area contributed by atoms with Crippen molar-refractivity contribution in [2.24, 2.45) is 5.92 Å². The summed E-state index contributed by atoms with van der Waals surface area (Å²) in [6, 6.07) is 11.7. The summed E-state index contributed by atoms with van der Waals surface area (Å²) in [6.07, 6.45) is 7.85. The van der Waals surface area contributed by atoms with Gasteiger partial charge in [0.2, 0.25) is 5.82 Å². The second-order valence-electron chi connectivity index (χ2n) is 7.80. The van der Waals surface area contributed by atoms with E-state index < -0.39 is 5.60 Å². The molecule has 1 aromatic carbocycles. The SMILES string of the molecule is O=C(c1nc2ncccn2n1)N1CCC(O)(c2ccccc2)C2CCCCC21. The summed E-state index contributed by atoms with van der Waals surface area (Å²) in [6.45, 7) is 0.494. The molecule has 3 unspecified atom stereocenters. The number of nitrogens with zero attached hydrogens (tertiary/aromatic N) is 5. The minimum absolute atomic E-state index is 0.000206. The van der Waals surface area contributed by atoms with Crippen LogP contribution in [0.1, 0.15) is 48.3 Å². The standard InChI is InChI=1S/C21H23N5O2/c27-19(18-23-20-22-12-6-13-26(20)24-18)25-14-11-21(28,15-7-2-1-3-8-15)16-9-4-5-10-17(16)25/h1-3,6-8,12-13,16-17,28H,4-5,9-11,14H2. The highest BCUT2D eigenvalue weighted by Gasteiger charge is 2.50. The number of hydrogen-bond acceptors (Lipinski definition) is 5. The fourth-order valence-electron chi connectivity index (χ4n) is 4.97. The molecule has 3 heterocycles. The lowest BCUT2D eigenvalue weighted by Crippen LogP contribution is -2.59. The topological polar surface area (TPSA) is 83.6 Å². The molecular weight excluding hydrogens is 354 g/mol. The van der Waals surface area contributed by atoms with Crippen molar-refractivity contribution in [3.05, 3.63) is 60.2 Å². The van der Waals surface area contributed by atoms with E-state index in [9.17, 15) is 9.90 Å². The first-order chi connectivity index (χ1) is 13.7. The largest absolute Gasteiger partial charge is 0.385 e.